The summed E-state index contributed by atoms with van der Waals surface area (Å²) >= 11 is 3.36. The molecule has 28 heavy (non-hydrogen) atoms. The Morgan fingerprint density at radius 3 is 2.25 bits per heavy atom. The summed E-state index contributed by atoms with van der Waals surface area (Å²) in [5, 5.41) is 9.93. The van der Waals surface area contributed by atoms with E-state index >= 15 is 0 Å². The lowest BCUT2D eigenvalue weighted by atomic mass is 10.1. The molecule has 2 N–H and O–H groups in total. The van der Waals surface area contributed by atoms with Gasteiger partial charge >= 0.3 is 0 Å². The molecule has 146 valence electrons. The maximum atomic E-state index is 13.1. The number of aryl methyl sites for hydroxylation is 1. The highest BCUT2D eigenvalue weighted by molar-refractivity contribution is 9.10. The number of imidazole rings is 1. The normalized spacial score (nSPS) is 10.6. The van der Waals surface area contributed by atoms with E-state index in [1.54, 1.807) is 31.2 Å². The minimum absolute atomic E-state index is 0.155. The number of carbonyl (C=O) groups excluding carboxylic acids is 1. The van der Waals surface area contributed by atoms with Crippen LogP contribution in [-0.2, 0) is 0 Å². The number of H-pyrrole nitrogens is 1. The number of benzene rings is 2. The number of phenolic OH excluding ortho intramolecular Hbond substituents is 1. The lowest BCUT2D eigenvalue weighted by molar-refractivity contribution is 0.103. The van der Waals surface area contributed by atoms with Gasteiger partial charge in [-0.15, -0.1) is 0 Å². The largest absolute Gasteiger partial charge is 0.508 e. The minimum atomic E-state index is -0.329. The summed E-state index contributed by atoms with van der Waals surface area (Å²) in [6.45, 7) is 1.80. The molecule has 0 aliphatic rings. The lowest BCUT2D eigenvalue weighted by Gasteiger charge is -2.13. The second kappa shape index (κ2) is 7.93. The van der Waals surface area contributed by atoms with Crippen molar-refractivity contribution in [2.75, 3.05) is 21.3 Å². The van der Waals surface area contributed by atoms with Crippen LogP contribution in [0.5, 0.6) is 23.0 Å². The van der Waals surface area contributed by atoms with Gasteiger partial charge in [-0.25, -0.2) is 4.98 Å². The van der Waals surface area contributed by atoms with E-state index in [9.17, 15) is 9.90 Å². The van der Waals surface area contributed by atoms with Gasteiger partial charge in [0.1, 0.15) is 21.9 Å². The molecule has 0 radical (unpaired) electrons. The van der Waals surface area contributed by atoms with Gasteiger partial charge in [0.15, 0.2) is 11.5 Å². The number of ketones is 1. The van der Waals surface area contributed by atoms with E-state index in [-0.39, 0.29) is 17.2 Å². The highest BCUT2D eigenvalue weighted by Gasteiger charge is 2.22. The van der Waals surface area contributed by atoms with Crippen LogP contribution in [0.4, 0.5) is 0 Å². The first kappa shape index (κ1) is 19.8. The molecule has 3 rings (SSSR count). The van der Waals surface area contributed by atoms with Crippen LogP contribution < -0.4 is 14.2 Å². The second-order valence-electron chi connectivity index (χ2n) is 5.99. The smallest absolute Gasteiger partial charge is 0.214 e. The number of aromatic nitrogens is 2. The van der Waals surface area contributed by atoms with E-state index in [1.165, 1.54) is 21.3 Å². The number of halogens is 1. The van der Waals surface area contributed by atoms with Crippen LogP contribution in [0.1, 0.15) is 21.6 Å². The summed E-state index contributed by atoms with van der Waals surface area (Å²) in [6, 6.07) is 8.33. The van der Waals surface area contributed by atoms with Crippen molar-refractivity contribution in [3.8, 4) is 34.4 Å². The number of aromatic amines is 1. The summed E-state index contributed by atoms with van der Waals surface area (Å²) in [6.07, 6.45) is 0. The third-order valence-electron chi connectivity index (χ3n) is 4.28. The number of hydrogen-bond donors (Lipinski definition) is 2. The Hall–Kier alpha value is -3.00. The molecule has 0 atom stereocenters. The fourth-order valence-corrected chi connectivity index (χ4v) is 3.20. The highest BCUT2D eigenvalue weighted by Crippen LogP contribution is 2.39. The van der Waals surface area contributed by atoms with Crippen LogP contribution in [0.25, 0.3) is 11.4 Å². The van der Waals surface area contributed by atoms with Gasteiger partial charge in [-0.3, -0.25) is 4.79 Å². The summed E-state index contributed by atoms with van der Waals surface area (Å²) < 4.78 is 16.3. The summed E-state index contributed by atoms with van der Waals surface area (Å²) in [5.41, 5.74) is 1.94. The Labute approximate surface area is 170 Å². The van der Waals surface area contributed by atoms with Crippen LogP contribution in [-0.4, -0.2) is 42.2 Å². The third kappa shape index (κ3) is 3.55. The Kier molecular flexibility index (Phi) is 5.60. The first-order valence-corrected chi connectivity index (χ1v) is 9.09. The van der Waals surface area contributed by atoms with Crippen molar-refractivity contribution < 1.29 is 24.1 Å². The summed E-state index contributed by atoms with van der Waals surface area (Å²) in [5.74, 6) is 1.44. The number of methoxy groups -OCH3 is 3. The van der Waals surface area contributed by atoms with Crippen molar-refractivity contribution in [2.24, 2.45) is 0 Å². The molecule has 2 aromatic carbocycles. The maximum absolute atomic E-state index is 13.1. The molecule has 0 spiro atoms. The van der Waals surface area contributed by atoms with Gasteiger partial charge in [-0.1, -0.05) is 12.1 Å². The summed E-state index contributed by atoms with van der Waals surface area (Å²) in [7, 11) is 4.46. The van der Waals surface area contributed by atoms with Gasteiger partial charge in [-0.05, 0) is 46.6 Å². The molecule has 0 saturated heterocycles. The van der Waals surface area contributed by atoms with Gasteiger partial charge in [0.25, 0.3) is 0 Å². The van der Waals surface area contributed by atoms with Crippen molar-refractivity contribution in [3.63, 3.8) is 0 Å². The standard InChI is InChI=1S/C20H19BrN2O5/c1-10-5-6-11(7-13(10)24)20-22-16(19(21)23-20)17(25)12-8-14(26-2)18(28-4)15(9-12)27-3/h5-9,24H,1-4H3,(H,22,23). The number of carbonyl (C=O) groups is 1. The molecule has 0 aliphatic carbocycles. The van der Waals surface area contributed by atoms with E-state index in [2.05, 4.69) is 25.9 Å². The molecule has 1 heterocycles. The van der Waals surface area contributed by atoms with Crippen LogP contribution in [0, 0.1) is 6.92 Å². The molecule has 7 nitrogen and oxygen atoms in total. The molecule has 0 fully saturated rings. The molecule has 0 bridgehead atoms. The molecule has 0 aliphatic heterocycles. The zero-order valence-corrected chi connectivity index (χ0v) is 17.4. The molecule has 0 saturated carbocycles. The fraction of sp³-hybridized carbons (Fsp3) is 0.200. The molecular weight excluding hydrogens is 428 g/mol. The predicted molar refractivity (Wildman–Crippen MR) is 108 cm³/mol. The van der Waals surface area contributed by atoms with Gasteiger partial charge in [0, 0.05) is 11.1 Å². The lowest BCUT2D eigenvalue weighted by Crippen LogP contribution is -2.05. The number of nitrogens with one attached hydrogen (secondary N) is 1. The van der Waals surface area contributed by atoms with Gasteiger partial charge in [0.2, 0.25) is 11.5 Å². The quantitative estimate of drug-likeness (QED) is 0.553. The second-order valence-corrected chi connectivity index (χ2v) is 6.79. The van der Waals surface area contributed by atoms with E-state index in [1.807, 2.05) is 6.07 Å². The SMILES string of the molecule is COc1cc(C(=O)c2nc(-c3ccc(C)c(O)c3)[nH]c2Br)cc(OC)c1OC. The van der Waals surface area contributed by atoms with Crippen molar-refractivity contribution in [2.45, 2.75) is 6.92 Å². The maximum Gasteiger partial charge on any atom is 0.214 e. The zero-order valence-electron chi connectivity index (χ0n) is 15.8. The monoisotopic (exact) mass is 446 g/mol. The third-order valence-corrected chi connectivity index (χ3v) is 4.86. The average molecular weight is 447 g/mol. The van der Waals surface area contributed by atoms with Crippen LogP contribution in [0.15, 0.2) is 34.9 Å². The summed E-state index contributed by atoms with van der Waals surface area (Å²) in [4.78, 5) is 20.5. The van der Waals surface area contributed by atoms with E-state index < -0.39 is 0 Å². The molecule has 0 unspecified atom stereocenters. The Bertz CT molecular complexity index is 1020. The number of ether oxygens (including phenoxy) is 3. The Morgan fingerprint density at radius 1 is 1.07 bits per heavy atom. The number of rotatable bonds is 6. The van der Waals surface area contributed by atoms with Gasteiger partial charge < -0.3 is 24.3 Å². The van der Waals surface area contributed by atoms with Gasteiger partial charge in [-0.2, -0.15) is 0 Å². The topological polar surface area (TPSA) is 93.7 Å². The van der Waals surface area contributed by atoms with Crippen LogP contribution in [0.2, 0.25) is 0 Å². The van der Waals surface area contributed by atoms with Crippen LogP contribution in [0.3, 0.4) is 0 Å². The first-order valence-electron chi connectivity index (χ1n) is 8.29. The minimum Gasteiger partial charge on any atom is -0.508 e. The fourth-order valence-electron chi connectivity index (χ4n) is 2.74. The van der Waals surface area contributed by atoms with E-state index in [0.29, 0.717) is 38.8 Å². The average Bonchev–Trinajstić information content (AvgIpc) is 3.09. The highest BCUT2D eigenvalue weighted by atomic mass is 79.9. The molecule has 0 amide bonds. The zero-order chi connectivity index (χ0) is 20.4. The number of phenols is 1. The van der Waals surface area contributed by atoms with Crippen LogP contribution >= 0.6 is 15.9 Å². The van der Waals surface area contributed by atoms with E-state index in [0.717, 1.165) is 5.56 Å². The molecule has 8 heteroatoms. The van der Waals surface area contributed by atoms with E-state index in [4.69, 9.17) is 14.2 Å². The number of nitrogens with zero attached hydrogens (tertiary/aromatic N) is 1. The first-order chi connectivity index (χ1) is 13.4. The van der Waals surface area contributed by atoms with Crippen molar-refractivity contribution in [1.29, 1.82) is 0 Å². The Morgan fingerprint density at radius 2 is 1.71 bits per heavy atom. The number of aromatic hydroxyl groups is 1. The van der Waals surface area contributed by atoms with Crippen molar-refractivity contribution >= 4 is 21.7 Å². The Balaban J connectivity index is 2.04. The van der Waals surface area contributed by atoms with Gasteiger partial charge in [0.05, 0.1) is 21.3 Å². The molecular formula is C20H19BrN2O5. The van der Waals surface area contributed by atoms with Crippen molar-refractivity contribution in [1.82, 2.24) is 9.97 Å². The molecule has 1 aromatic heterocycles. The molecule has 3 aromatic rings. The predicted octanol–water partition coefficient (Wildman–Crippen LogP) is 4.11. The van der Waals surface area contributed by atoms with Crippen molar-refractivity contribution in [3.05, 3.63) is 51.8 Å². The number of hydrogen-bond acceptors (Lipinski definition) is 6.